The molecule has 3 heteroatoms. The van der Waals surface area contributed by atoms with E-state index in [9.17, 15) is 0 Å². The molecule has 0 bridgehead atoms. The second kappa shape index (κ2) is 4.99. The third-order valence-corrected chi connectivity index (χ3v) is 3.33. The van der Waals surface area contributed by atoms with Crippen LogP contribution in [0.5, 0.6) is 0 Å². The molecule has 15 heavy (non-hydrogen) atoms. The highest BCUT2D eigenvalue weighted by Crippen LogP contribution is 2.27. The Bertz CT molecular complexity index is 338. The van der Waals surface area contributed by atoms with Crippen molar-refractivity contribution in [1.29, 1.82) is 0 Å². The molecule has 1 heterocycles. The maximum atomic E-state index is 3.58. The van der Waals surface area contributed by atoms with Crippen LogP contribution < -0.4 is 10.6 Å². The van der Waals surface area contributed by atoms with Crippen LogP contribution in [0.1, 0.15) is 18.9 Å². The van der Waals surface area contributed by atoms with Crippen LogP contribution in [0, 0.1) is 0 Å². The Morgan fingerprint density at radius 3 is 3.20 bits per heavy atom. The van der Waals surface area contributed by atoms with Crippen LogP contribution in [0.15, 0.2) is 22.7 Å². The maximum Gasteiger partial charge on any atom is 0.0389 e. The fourth-order valence-corrected chi connectivity index (χ4v) is 2.36. The molecule has 0 saturated heterocycles. The molecule has 0 spiro atoms. The summed E-state index contributed by atoms with van der Waals surface area (Å²) in [7, 11) is 0. The third kappa shape index (κ3) is 2.73. The summed E-state index contributed by atoms with van der Waals surface area (Å²) >= 11 is 3.51. The average Bonchev–Trinajstić information content (AvgIpc) is 2.25. The van der Waals surface area contributed by atoms with Gasteiger partial charge >= 0.3 is 0 Å². The Morgan fingerprint density at radius 2 is 2.40 bits per heavy atom. The van der Waals surface area contributed by atoms with Gasteiger partial charge in [0.2, 0.25) is 0 Å². The predicted octanol–water partition coefficient (Wildman–Crippen LogP) is 2.79. The zero-order chi connectivity index (χ0) is 10.7. The first kappa shape index (κ1) is 11.0. The fourth-order valence-electron chi connectivity index (χ4n) is 1.99. The smallest absolute Gasteiger partial charge is 0.0389 e. The second-order valence-corrected chi connectivity index (χ2v) is 4.90. The van der Waals surface area contributed by atoms with E-state index in [1.807, 2.05) is 0 Å². The van der Waals surface area contributed by atoms with E-state index in [2.05, 4.69) is 51.7 Å². The number of halogens is 1. The standard InChI is InChI=1S/C12H17BrN2/c1-2-14-8-11-6-4-9-3-5-10(13)7-12(9)15-11/h3,5,7,11,14-15H,2,4,6,8H2,1H3. The number of nitrogens with one attached hydrogen (secondary N) is 2. The van der Waals surface area contributed by atoms with Crippen LogP contribution in [-0.2, 0) is 6.42 Å². The summed E-state index contributed by atoms with van der Waals surface area (Å²) in [5, 5.41) is 6.97. The van der Waals surface area contributed by atoms with Crippen molar-refractivity contribution in [2.45, 2.75) is 25.8 Å². The number of hydrogen-bond donors (Lipinski definition) is 2. The van der Waals surface area contributed by atoms with Gasteiger partial charge in [0.15, 0.2) is 0 Å². The maximum absolute atomic E-state index is 3.58. The molecule has 2 rings (SSSR count). The van der Waals surface area contributed by atoms with Gasteiger partial charge in [-0.3, -0.25) is 0 Å². The van der Waals surface area contributed by atoms with E-state index < -0.39 is 0 Å². The van der Waals surface area contributed by atoms with Crippen LogP contribution in [-0.4, -0.2) is 19.1 Å². The highest BCUT2D eigenvalue weighted by molar-refractivity contribution is 9.10. The molecule has 1 aromatic rings. The monoisotopic (exact) mass is 268 g/mol. The molecule has 1 aliphatic rings. The number of anilines is 1. The molecule has 82 valence electrons. The van der Waals surface area contributed by atoms with Gasteiger partial charge in [-0.15, -0.1) is 0 Å². The predicted molar refractivity (Wildman–Crippen MR) is 68.4 cm³/mol. The van der Waals surface area contributed by atoms with E-state index in [4.69, 9.17) is 0 Å². The van der Waals surface area contributed by atoms with Crippen LogP contribution in [0.25, 0.3) is 0 Å². The number of hydrogen-bond acceptors (Lipinski definition) is 2. The summed E-state index contributed by atoms with van der Waals surface area (Å²) in [6.07, 6.45) is 2.41. The van der Waals surface area contributed by atoms with Gasteiger partial charge in [-0.2, -0.15) is 0 Å². The zero-order valence-corrected chi connectivity index (χ0v) is 10.6. The topological polar surface area (TPSA) is 24.1 Å². The first-order chi connectivity index (χ1) is 7.29. The van der Waals surface area contributed by atoms with Crippen molar-refractivity contribution in [1.82, 2.24) is 5.32 Å². The largest absolute Gasteiger partial charge is 0.381 e. The van der Waals surface area contributed by atoms with Gasteiger partial charge < -0.3 is 10.6 Å². The lowest BCUT2D eigenvalue weighted by Crippen LogP contribution is -2.35. The minimum absolute atomic E-state index is 0.576. The minimum atomic E-state index is 0.576. The lowest BCUT2D eigenvalue weighted by Gasteiger charge is -2.27. The number of likely N-dealkylation sites (N-methyl/N-ethyl adjacent to an activating group) is 1. The second-order valence-electron chi connectivity index (χ2n) is 3.99. The first-order valence-corrected chi connectivity index (χ1v) is 6.34. The molecule has 0 saturated carbocycles. The molecule has 1 atom stereocenters. The van der Waals surface area contributed by atoms with E-state index in [0.717, 1.165) is 17.6 Å². The van der Waals surface area contributed by atoms with Crippen LogP contribution in [0.2, 0.25) is 0 Å². The van der Waals surface area contributed by atoms with E-state index in [-0.39, 0.29) is 0 Å². The quantitative estimate of drug-likeness (QED) is 0.881. The lowest BCUT2D eigenvalue weighted by molar-refractivity contribution is 0.571. The van der Waals surface area contributed by atoms with E-state index in [1.165, 1.54) is 24.1 Å². The summed E-state index contributed by atoms with van der Waals surface area (Å²) in [6, 6.07) is 7.07. The summed E-state index contributed by atoms with van der Waals surface area (Å²) in [5.74, 6) is 0. The lowest BCUT2D eigenvalue weighted by atomic mass is 9.98. The summed E-state index contributed by atoms with van der Waals surface area (Å²) in [6.45, 7) is 4.25. The van der Waals surface area contributed by atoms with Crippen LogP contribution in [0.3, 0.4) is 0 Å². The molecule has 0 fully saturated rings. The molecule has 2 N–H and O–H groups in total. The van der Waals surface area contributed by atoms with Gasteiger partial charge in [-0.05, 0) is 37.1 Å². The van der Waals surface area contributed by atoms with Gasteiger partial charge in [0.25, 0.3) is 0 Å². The number of benzene rings is 1. The summed E-state index contributed by atoms with van der Waals surface area (Å²) in [4.78, 5) is 0. The SMILES string of the molecule is CCNCC1CCc2ccc(Br)cc2N1. The molecule has 0 amide bonds. The van der Waals surface area contributed by atoms with Crippen molar-refractivity contribution < 1.29 is 0 Å². The van der Waals surface area contributed by atoms with Gasteiger partial charge in [-0.25, -0.2) is 0 Å². The molecular weight excluding hydrogens is 252 g/mol. The Morgan fingerprint density at radius 1 is 1.53 bits per heavy atom. The molecular formula is C12H17BrN2. The molecule has 0 aromatic heterocycles. The van der Waals surface area contributed by atoms with Crippen molar-refractivity contribution in [3.8, 4) is 0 Å². The van der Waals surface area contributed by atoms with Crippen molar-refractivity contribution in [2.24, 2.45) is 0 Å². The Hall–Kier alpha value is -0.540. The minimum Gasteiger partial charge on any atom is -0.381 e. The van der Waals surface area contributed by atoms with Crippen LogP contribution >= 0.6 is 15.9 Å². The Kier molecular flexibility index (Phi) is 3.65. The Labute approximate surface area is 99.6 Å². The van der Waals surface area contributed by atoms with Gasteiger partial charge in [-0.1, -0.05) is 28.9 Å². The van der Waals surface area contributed by atoms with Crippen LogP contribution in [0.4, 0.5) is 5.69 Å². The number of rotatable bonds is 3. The van der Waals surface area contributed by atoms with Crippen molar-refractivity contribution >= 4 is 21.6 Å². The molecule has 0 aliphatic carbocycles. The van der Waals surface area contributed by atoms with Crippen molar-refractivity contribution in [2.75, 3.05) is 18.4 Å². The number of fused-ring (bicyclic) bond motifs is 1. The molecule has 0 radical (unpaired) electrons. The molecule has 1 aliphatic heterocycles. The highest BCUT2D eigenvalue weighted by atomic mass is 79.9. The normalized spacial score (nSPS) is 19.5. The molecule has 1 unspecified atom stereocenters. The van der Waals surface area contributed by atoms with Gasteiger partial charge in [0.1, 0.15) is 0 Å². The van der Waals surface area contributed by atoms with Gasteiger partial charge in [0.05, 0.1) is 0 Å². The highest BCUT2D eigenvalue weighted by Gasteiger charge is 2.16. The van der Waals surface area contributed by atoms with E-state index in [1.54, 1.807) is 0 Å². The van der Waals surface area contributed by atoms with Gasteiger partial charge in [0, 0.05) is 22.7 Å². The number of aryl methyl sites for hydroxylation is 1. The molecule has 2 nitrogen and oxygen atoms in total. The van der Waals surface area contributed by atoms with E-state index in [0.29, 0.717) is 6.04 Å². The van der Waals surface area contributed by atoms with E-state index >= 15 is 0 Å². The molecule has 1 aromatic carbocycles. The van der Waals surface area contributed by atoms with Crippen molar-refractivity contribution in [3.63, 3.8) is 0 Å². The zero-order valence-electron chi connectivity index (χ0n) is 9.02. The Balaban J connectivity index is 2.05. The fraction of sp³-hybridized carbons (Fsp3) is 0.500. The third-order valence-electron chi connectivity index (χ3n) is 2.83. The average molecular weight is 269 g/mol. The van der Waals surface area contributed by atoms with Crippen molar-refractivity contribution in [3.05, 3.63) is 28.2 Å². The first-order valence-electron chi connectivity index (χ1n) is 5.55. The summed E-state index contributed by atoms with van der Waals surface area (Å²) < 4.78 is 1.15. The summed E-state index contributed by atoms with van der Waals surface area (Å²) in [5.41, 5.74) is 2.73.